The normalized spacial score (nSPS) is 14.7. The number of nitrogens with one attached hydrogen (secondary N) is 1. The minimum Gasteiger partial charge on any atom is -0.455 e. The summed E-state index contributed by atoms with van der Waals surface area (Å²) in [6, 6.07) is 6.57. The van der Waals surface area contributed by atoms with Gasteiger partial charge in [-0.2, -0.15) is 4.31 Å². The molecule has 0 radical (unpaired) electrons. The van der Waals surface area contributed by atoms with Crippen LogP contribution < -0.4 is 5.32 Å². The van der Waals surface area contributed by atoms with Crippen molar-refractivity contribution in [1.82, 2.24) is 4.31 Å². The zero-order valence-corrected chi connectivity index (χ0v) is 19.2. The lowest BCUT2D eigenvalue weighted by Crippen LogP contribution is -2.35. The van der Waals surface area contributed by atoms with Gasteiger partial charge in [0.15, 0.2) is 6.61 Å². The fourth-order valence-corrected chi connectivity index (χ4v) is 6.30. The molecule has 1 fully saturated rings. The maximum absolute atomic E-state index is 12.7. The van der Waals surface area contributed by atoms with E-state index < -0.39 is 33.4 Å². The Labute approximate surface area is 193 Å². The van der Waals surface area contributed by atoms with Gasteiger partial charge in [0.05, 0.1) is 22.1 Å². The van der Waals surface area contributed by atoms with E-state index >= 15 is 0 Å². The van der Waals surface area contributed by atoms with E-state index in [1.807, 2.05) is 0 Å². The molecular weight excluding hydrogens is 482 g/mol. The largest absolute Gasteiger partial charge is 0.455 e. The van der Waals surface area contributed by atoms with E-state index in [0.717, 1.165) is 36.7 Å². The smallest absolute Gasteiger partial charge is 0.311 e. The molecule has 0 saturated carbocycles. The lowest BCUT2D eigenvalue weighted by atomic mass is 10.2. The Balaban J connectivity index is 1.51. The molecule has 32 heavy (non-hydrogen) atoms. The lowest BCUT2D eigenvalue weighted by molar-refractivity contribution is -0.384. The second-order valence-corrected chi connectivity index (χ2v) is 10.7. The van der Waals surface area contributed by atoms with E-state index in [0.29, 0.717) is 18.0 Å². The van der Waals surface area contributed by atoms with Crippen molar-refractivity contribution in [2.24, 2.45) is 0 Å². The second kappa shape index (κ2) is 10.4. The Hall–Kier alpha value is -2.54. The summed E-state index contributed by atoms with van der Waals surface area (Å²) < 4.78 is 31.9. The van der Waals surface area contributed by atoms with Crippen molar-refractivity contribution in [3.05, 3.63) is 50.3 Å². The Bertz CT molecular complexity index is 1130. The fraction of sp³-hybridized carbons (Fsp3) is 0.368. The summed E-state index contributed by atoms with van der Waals surface area (Å²) in [7, 11) is -3.57. The van der Waals surface area contributed by atoms with Crippen molar-refractivity contribution in [2.75, 3.05) is 25.0 Å². The topological polar surface area (TPSA) is 136 Å². The van der Waals surface area contributed by atoms with Crippen LogP contribution in [0, 0.1) is 10.1 Å². The van der Waals surface area contributed by atoms with Crippen molar-refractivity contribution in [3.63, 3.8) is 0 Å². The first-order valence-electron chi connectivity index (χ1n) is 9.65. The van der Waals surface area contributed by atoms with Crippen LogP contribution in [0.5, 0.6) is 0 Å². The molecule has 0 bridgehead atoms. The van der Waals surface area contributed by atoms with Crippen LogP contribution in [0.3, 0.4) is 0 Å². The summed E-state index contributed by atoms with van der Waals surface area (Å²) in [6.07, 6.45) is 2.50. The van der Waals surface area contributed by atoms with Crippen molar-refractivity contribution < 1.29 is 27.7 Å². The predicted molar refractivity (Wildman–Crippen MR) is 118 cm³/mol. The number of nitro groups is 1. The van der Waals surface area contributed by atoms with Gasteiger partial charge in [0.25, 0.3) is 21.6 Å². The number of hydrogen-bond acceptors (Lipinski definition) is 8. The van der Waals surface area contributed by atoms with E-state index in [9.17, 15) is 28.1 Å². The third-order valence-electron chi connectivity index (χ3n) is 4.67. The van der Waals surface area contributed by atoms with E-state index in [4.69, 9.17) is 16.3 Å². The Morgan fingerprint density at radius 1 is 1.19 bits per heavy atom. The van der Waals surface area contributed by atoms with Crippen molar-refractivity contribution in [1.29, 1.82) is 0 Å². The highest BCUT2D eigenvalue weighted by atomic mass is 35.5. The molecule has 0 unspecified atom stereocenters. The number of nitrogens with zero attached hydrogens (tertiary/aromatic N) is 2. The fourth-order valence-electron chi connectivity index (χ4n) is 3.07. The molecule has 1 aromatic carbocycles. The van der Waals surface area contributed by atoms with Crippen LogP contribution >= 0.6 is 22.9 Å². The number of ether oxygens (including phenoxy) is 1. The van der Waals surface area contributed by atoms with Crippen molar-refractivity contribution in [3.8, 4) is 0 Å². The van der Waals surface area contributed by atoms with E-state index in [1.54, 1.807) is 6.07 Å². The molecule has 2 aromatic rings. The van der Waals surface area contributed by atoms with Crippen molar-refractivity contribution in [2.45, 2.75) is 29.9 Å². The monoisotopic (exact) mass is 501 g/mol. The van der Waals surface area contributed by atoms with Crippen LogP contribution in [0.2, 0.25) is 5.02 Å². The molecule has 0 spiro atoms. The summed E-state index contributed by atoms with van der Waals surface area (Å²) in [5.74, 6) is -1.37. The van der Waals surface area contributed by atoms with Crippen LogP contribution in [0.1, 0.15) is 24.1 Å². The van der Waals surface area contributed by atoms with Crippen molar-refractivity contribution >= 4 is 56.2 Å². The molecule has 1 aliphatic rings. The number of sulfonamides is 1. The van der Waals surface area contributed by atoms with Crippen LogP contribution in [-0.2, 0) is 30.8 Å². The first-order valence-corrected chi connectivity index (χ1v) is 12.3. The van der Waals surface area contributed by atoms with Gasteiger partial charge in [0.2, 0.25) is 0 Å². The number of benzene rings is 1. The number of carbonyl (C=O) groups is 2. The van der Waals surface area contributed by atoms with Crippen LogP contribution in [-0.4, -0.2) is 49.2 Å². The molecule has 10 nitrogen and oxygen atoms in total. The van der Waals surface area contributed by atoms with Gasteiger partial charge in [-0.25, -0.2) is 8.42 Å². The predicted octanol–water partition coefficient (Wildman–Crippen LogP) is 3.21. The van der Waals surface area contributed by atoms with Gasteiger partial charge in [-0.1, -0.05) is 18.0 Å². The number of amides is 1. The molecule has 13 heteroatoms. The molecule has 0 atom stereocenters. The number of non-ortho nitro benzene ring substituents is 1. The average molecular weight is 502 g/mol. The zero-order valence-electron chi connectivity index (χ0n) is 16.8. The highest BCUT2D eigenvalue weighted by Crippen LogP contribution is 2.28. The first kappa shape index (κ1) is 24.1. The first-order chi connectivity index (χ1) is 15.2. The van der Waals surface area contributed by atoms with Gasteiger partial charge in [-0.15, -0.1) is 11.3 Å². The van der Waals surface area contributed by atoms with Gasteiger partial charge in [-0.05, 0) is 31.0 Å². The molecule has 1 saturated heterocycles. The molecule has 1 amide bonds. The summed E-state index contributed by atoms with van der Waals surface area (Å²) in [5.41, 5.74) is -0.0822. The standard InChI is InChI=1S/C19H20ClN3O7S2/c20-15-10-13(23(26)27)4-6-16(15)21-17(24)12-30-18(25)11-14-5-7-19(31-14)32(28,29)22-8-2-1-3-9-22/h4-7,10H,1-3,8-9,11-12H2,(H,21,24). The Morgan fingerprint density at radius 3 is 2.56 bits per heavy atom. The van der Waals surface area contributed by atoms with Gasteiger partial charge >= 0.3 is 5.97 Å². The summed E-state index contributed by atoms with van der Waals surface area (Å²) in [4.78, 5) is 34.7. The summed E-state index contributed by atoms with van der Waals surface area (Å²) >= 11 is 6.91. The Kier molecular flexibility index (Phi) is 7.82. The quantitative estimate of drug-likeness (QED) is 0.333. The van der Waals surface area contributed by atoms with Gasteiger partial charge in [-0.3, -0.25) is 19.7 Å². The number of halogens is 1. The number of anilines is 1. The third-order valence-corrected chi connectivity index (χ3v) is 8.43. The Morgan fingerprint density at radius 2 is 1.91 bits per heavy atom. The van der Waals surface area contributed by atoms with E-state index in [1.165, 1.54) is 22.5 Å². The van der Waals surface area contributed by atoms with Gasteiger partial charge < -0.3 is 10.1 Å². The molecule has 1 N–H and O–H groups in total. The van der Waals surface area contributed by atoms with Gasteiger partial charge in [0, 0.05) is 30.1 Å². The average Bonchev–Trinajstić information content (AvgIpc) is 3.23. The number of thiophene rings is 1. The minimum absolute atomic E-state index is 0.0279. The summed E-state index contributed by atoms with van der Waals surface area (Å²) in [5, 5.41) is 13.1. The molecule has 2 heterocycles. The lowest BCUT2D eigenvalue weighted by Gasteiger charge is -2.25. The maximum Gasteiger partial charge on any atom is 0.311 e. The van der Waals surface area contributed by atoms with E-state index in [2.05, 4.69) is 5.32 Å². The number of hydrogen-bond donors (Lipinski definition) is 1. The second-order valence-electron chi connectivity index (χ2n) is 6.99. The minimum atomic E-state index is -3.57. The molecule has 1 aliphatic heterocycles. The van der Waals surface area contributed by atoms with Crippen LogP contribution in [0.25, 0.3) is 0 Å². The van der Waals surface area contributed by atoms with Crippen LogP contribution in [0.4, 0.5) is 11.4 Å². The van der Waals surface area contributed by atoms with E-state index in [-0.39, 0.29) is 27.0 Å². The maximum atomic E-state index is 12.7. The molecule has 1 aromatic heterocycles. The van der Waals surface area contributed by atoms with Crippen LogP contribution in [0.15, 0.2) is 34.5 Å². The van der Waals surface area contributed by atoms with Gasteiger partial charge in [0.1, 0.15) is 4.21 Å². The SMILES string of the molecule is O=C(COC(=O)Cc1ccc(S(=O)(=O)N2CCCCC2)s1)Nc1ccc([N+](=O)[O-])cc1Cl. The molecule has 3 rings (SSSR count). The highest BCUT2D eigenvalue weighted by molar-refractivity contribution is 7.91. The molecule has 0 aliphatic carbocycles. The number of nitro benzene ring substituents is 1. The third kappa shape index (κ3) is 6.03. The molecule has 172 valence electrons. The molecular formula is C19H20ClN3O7S2. The highest BCUT2D eigenvalue weighted by Gasteiger charge is 2.27. The number of esters is 1. The number of rotatable bonds is 8. The number of piperidine rings is 1. The number of carbonyl (C=O) groups excluding carboxylic acids is 2. The zero-order chi connectivity index (χ0) is 23.3. The summed E-state index contributed by atoms with van der Waals surface area (Å²) in [6.45, 7) is 0.396.